The zero-order valence-corrected chi connectivity index (χ0v) is 18.9. The molecule has 0 bridgehead atoms. The van der Waals surface area contributed by atoms with Crippen molar-refractivity contribution >= 4 is 29.9 Å². The minimum atomic E-state index is 0. The number of nitrogens with one attached hydrogen (secondary N) is 1. The van der Waals surface area contributed by atoms with Gasteiger partial charge in [-0.05, 0) is 56.8 Å². The van der Waals surface area contributed by atoms with Crippen LogP contribution in [0.4, 0.5) is 0 Å². The standard InChI is InChI=1S/C21H34N4.HI/c1-4-22-21(25-15-19-11-7-8-12-20(19)16-25)23-13-17-9-5-6-10-18(17)14-24(2)3;/h5-6,9-10,19-20H,4,7-8,11-16H2,1-3H3,(H,22,23);1H. The van der Waals surface area contributed by atoms with Gasteiger partial charge in [-0.15, -0.1) is 24.0 Å². The topological polar surface area (TPSA) is 30.9 Å². The molecular formula is C21H35IN4. The lowest BCUT2D eigenvalue weighted by Gasteiger charge is -2.22. The van der Waals surface area contributed by atoms with Crippen molar-refractivity contribution in [3.05, 3.63) is 35.4 Å². The molecule has 5 heteroatoms. The van der Waals surface area contributed by atoms with E-state index in [9.17, 15) is 0 Å². The molecule has 2 fully saturated rings. The maximum absolute atomic E-state index is 5.00. The van der Waals surface area contributed by atoms with Gasteiger partial charge in [0, 0.05) is 26.2 Å². The van der Waals surface area contributed by atoms with E-state index in [1.807, 2.05) is 0 Å². The van der Waals surface area contributed by atoms with Gasteiger partial charge in [0.05, 0.1) is 6.54 Å². The van der Waals surface area contributed by atoms with Crippen LogP contribution in [0.5, 0.6) is 0 Å². The summed E-state index contributed by atoms with van der Waals surface area (Å²) >= 11 is 0. The number of aliphatic imine (C=N–C) groups is 1. The normalized spacial score (nSPS) is 22.9. The van der Waals surface area contributed by atoms with Crippen molar-refractivity contribution in [1.82, 2.24) is 15.1 Å². The summed E-state index contributed by atoms with van der Waals surface area (Å²) < 4.78 is 0. The van der Waals surface area contributed by atoms with Crippen LogP contribution >= 0.6 is 24.0 Å². The molecule has 1 N–H and O–H groups in total. The fourth-order valence-electron chi connectivity index (χ4n) is 4.37. The van der Waals surface area contributed by atoms with Gasteiger partial charge in [-0.3, -0.25) is 0 Å². The quantitative estimate of drug-likeness (QED) is 0.402. The number of halogens is 1. The highest BCUT2D eigenvalue weighted by molar-refractivity contribution is 14.0. The van der Waals surface area contributed by atoms with Gasteiger partial charge in [0.1, 0.15) is 0 Å². The Balaban J connectivity index is 0.00000243. The number of hydrogen-bond acceptors (Lipinski definition) is 2. The Morgan fingerprint density at radius 1 is 1.12 bits per heavy atom. The van der Waals surface area contributed by atoms with Crippen molar-refractivity contribution in [2.75, 3.05) is 33.7 Å². The summed E-state index contributed by atoms with van der Waals surface area (Å²) in [6.07, 6.45) is 5.65. The highest BCUT2D eigenvalue weighted by Gasteiger charge is 2.35. The van der Waals surface area contributed by atoms with Crippen molar-refractivity contribution in [1.29, 1.82) is 0 Å². The predicted molar refractivity (Wildman–Crippen MR) is 121 cm³/mol. The first-order valence-corrected chi connectivity index (χ1v) is 9.92. The van der Waals surface area contributed by atoms with E-state index in [0.717, 1.165) is 37.4 Å². The van der Waals surface area contributed by atoms with Crippen LogP contribution in [0.3, 0.4) is 0 Å². The van der Waals surface area contributed by atoms with Gasteiger partial charge < -0.3 is 15.1 Å². The molecule has 1 aromatic carbocycles. The fraction of sp³-hybridized carbons (Fsp3) is 0.667. The minimum Gasteiger partial charge on any atom is -0.357 e. The number of guanidine groups is 1. The van der Waals surface area contributed by atoms with Crippen LogP contribution in [0.15, 0.2) is 29.3 Å². The molecule has 1 saturated carbocycles. The van der Waals surface area contributed by atoms with Crippen molar-refractivity contribution in [3.63, 3.8) is 0 Å². The van der Waals surface area contributed by atoms with Crippen LogP contribution in [-0.4, -0.2) is 49.5 Å². The Bertz CT molecular complexity index is 573. The average molecular weight is 470 g/mol. The molecule has 2 aliphatic rings. The van der Waals surface area contributed by atoms with E-state index in [1.54, 1.807) is 0 Å². The van der Waals surface area contributed by atoms with Crippen molar-refractivity contribution in [2.45, 2.75) is 45.7 Å². The molecule has 1 aliphatic carbocycles. The zero-order valence-electron chi connectivity index (χ0n) is 16.6. The number of nitrogens with zero attached hydrogens (tertiary/aromatic N) is 3. The Morgan fingerprint density at radius 2 is 1.73 bits per heavy atom. The molecule has 1 saturated heterocycles. The summed E-state index contributed by atoms with van der Waals surface area (Å²) in [5.41, 5.74) is 2.71. The Labute approximate surface area is 176 Å². The summed E-state index contributed by atoms with van der Waals surface area (Å²) in [5, 5.41) is 3.53. The second kappa shape index (κ2) is 10.5. The predicted octanol–water partition coefficient (Wildman–Crippen LogP) is 3.95. The van der Waals surface area contributed by atoms with E-state index in [-0.39, 0.29) is 24.0 Å². The summed E-state index contributed by atoms with van der Waals surface area (Å²) in [5.74, 6) is 2.88. The third kappa shape index (κ3) is 5.59. The molecule has 0 spiro atoms. The molecule has 146 valence electrons. The summed E-state index contributed by atoms with van der Waals surface area (Å²) in [6, 6.07) is 8.70. The van der Waals surface area contributed by atoms with Gasteiger partial charge >= 0.3 is 0 Å². The van der Waals surface area contributed by atoms with E-state index >= 15 is 0 Å². The number of benzene rings is 1. The number of rotatable bonds is 5. The monoisotopic (exact) mass is 470 g/mol. The first-order valence-electron chi connectivity index (χ1n) is 9.92. The Hall–Kier alpha value is -0.820. The highest BCUT2D eigenvalue weighted by atomic mass is 127. The maximum atomic E-state index is 5.00. The average Bonchev–Trinajstić information content (AvgIpc) is 3.03. The lowest BCUT2D eigenvalue weighted by Crippen LogP contribution is -2.40. The van der Waals surface area contributed by atoms with Crippen LogP contribution in [0.2, 0.25) is 0 Å². The van der Waals surface area contributed by atoms with Gasteiger partial charge in [0.2, 0.25) is 0 Å². The molecular weight excluding hydrogens is 435 g/mol. The van der Waals surface area contributed by atoms with Crippen molar-refractivity contribution in [2.24, 2.45) is 16.8 Å². The maximum Gasteiger partial charge on any atom is 0.194 e. The number of hydrogen-bond donors (Lipinski definition) is 1. The van der Waals surface area contributed by atoms with Crippen LogP contribution in [0.25, 0.3) is 0 Å². The molecule has 1 aliphatic heterocycles. The highest BCUT2D eigenvalue weighted by Crippen LogP contribution is 2.36. The number of fused-ring (bicyclic) bond motifs is 1. The molecule has 2 atom stereocenters. The first-order chi connectivity index (χ1) is 12.2. The molecule has 1 heterocycles. The van der Waals surface area contributed by atoms with E-state index < -0.39 is 0 Å². The smallest absolute Gasteiger partial charge is 0.194 e. The molecule has 4 nitrogen and oxygen atoms in total. The van der Waals surface area contributed by atoms with Crippen molar-refractivity contribution < 1.29 is 0 Å². The molecule has 2 unspecified atom stereocenters. The zero-order chi connectivity index (χ0) is 17.6. The van der Waals surface area contributed by atoms with E-state index in [4.69, 9.17) is 4.99 Å². The van der Waals surface area contributed by atoms with Gasteiger partial charge in [-0.2, -0.15) is 0 Å². The second-order valence-corrected chi connectivity index (χ2v) is 7.89. The van der Waals surface area contributed by atoms with E-state index in [0.29, 0.717) is 0 Å². The lowest BCUT2D eigenvalue weighted by atomic mass is 9.82. The lowest BCUT2D eigenvalue weighted by molar-refractivity contribution is 0.299. The van der Waals surface area contributed by atoms with Crippen LogP contribution in [-0.2, 0) is 13.1 Å². The minimum absolute atomic E-state index is 0. The number of likely N-dealkylation sites (tertiary alicyclic amines) is 1. The molecule has 0 aromatic heterocycles. The van der Waals surface area contributed by atoms with Crippen LogP contribution < -0.4 is 5.32 Å². The first kappa shape index (κ1) is 21.5. The van der Waals surface area contributed by atoms with Crippen molar-refractivity contribution in [3.8, 4) is 0 Å². The summed E-state index contributed by atoms with van der Waals surface area (Å²) in [7, 11) is 4.24. The molecule has 0 radical (unpaired) electrons. The largest absolute Gasteiger partial charge is 0.357 e. The van der Waals surface area contributed by atoms with Gasteiger partial charge in [-0.1, -0.05) is 37.1 Å². The van der Waals surface area contributed by atoms with E-state index in [2.05, 4.69) is 60.4 Å². The van der Waals surface area contributed by atoms with E-state index in [1.165, 1.54) is 49.9 Å². The van der Waals surface area contributed by atoms with Gasteiger partial charge in [0.15, 0.2) is 5.96 Å². The third-order valence-corrected chi connectivity index (χ3v) is 5.61. The second-order valence-electron chi connectivity index (χ2n) is 7.89. The Kier molecular flexibility index (Phi) is 8.67. The van der Waals surface area contributed by atoms with Gasteiger partial charge in [-0.25, -0.2) is 4.99 Å². The summed E-state index contributed by atoms with van der Waals surface area (Å²) in [6.45, 7) is 7.21. The molecule has 26 heavy (non-hydrogen) atoms. The van der Waals surface area contributed by atoms with Crippen LogP contribution in [0, 0.1) is 11.8 Å². The summed E-state index contributed by atoms with van der Waals surface area (Å²) in [4.78, 5) is 9.74. The Morgan fingerprint density at radius 3 is 2.31 bits per heavy atom. The third-order valence-electron chi connectivity index (χ3n) is 5.61. The van der Waals surface area contributed by atoms with Gasteiger partial charge in [0.25, 0.3) is 0 Å². The fourth-order valence-corrected chi connectivity index (χ4v) is 4.37. The van der Waals surface area contributed by atoms with Crippen LogP contribution in [0.1, 0.15) is 43.7 Å². The SMILES string of the molecule is CCNC(=NCc1ccccc1CN(C)C)N1CC2CCCCC2C1.I. The molecule has 0 amide bonds. The molecule has 1 aromatic rings. The molecule has 3 rings (SSSR count).